The van der Waals surface area contributed by atoms with Gasteiger partial charge in [-0.05, 0) is 36.3 Å². The first kappa shape index (κ1) is 13.5. The molecule has 2 nitrogen and oxygen atoms in total. The summed E-state index contributed by atoms with van der Waals surface area (Å²) in [5, 5.41) is 0. The van der Waals surface area contributed by atoms with Crippen LogP contribution in [0.5, 0.6) is 0 Å². The van der Waals surface area contributed by atoms with E-state index in [2.05, 4.69) is 49.5 Å². The van der Waals surface area contributed by atoms with Crippen LogP contribution < -0.4 is 0 Å². The van der Waals surface area contributed by atoms with Crippen molar-refractivity contribution < 1.29 is 0 Å². The minimum Gasteiger partial charge on any atom is -0.302 e. The molecular weight excluding hydrogens is 216 g/mol. The average Bonchev–Trinajstić information content (AvgIpc) is 2.27. The van der Waals surface area contributed by atoms with E-state index in [0.717, 1.165) is 18.8 Å². The molecule has 1 unspecified atom stereocenters. The number of nitrogens with zero attached hydrogens (tertiary/aromatic N) is 2. The van der Waals surface area contributed by atoms with Crippen LogP contribution in [0.4, 0.5) is 0 Å². The molecule has 0 N–H and O–H groups in total. The molecule has 1 rings (SSSR count). The summed E-state index contributed by atoms with van der Waals surface area (Å²) in [5.41, 5.74) is 1.27. The van der Waals surface area contributed by atoms with Gasteiger partial charge in [-0.2, -0.15) is 12.6 Å². The lowest BCUT2D eigenvalue weighted by Gasteiger charge is -2.25. The molecule has 0 spiro atoms. The number of hydrogen-bond donors (Lipinski definition) is 1. The lowest BCUT2D eigenvalue weighted by Crippen LogP contribution is -2.29. The summed E-state index contributed by atoms with van der Waals surface area (Å²) in [6, 6.07) is 4.11. The Bertz CT molecular complexity index is 287. The van der Waals surface area contributed by atoms with Crippen molar-refractivity contribution in [3.05, 3.63) is 30.1 Å². The van der Waals surface area contributed by atoms with Crippen molar-refractivity contribution in [1.29, 1.82) is 0 Å². The fourth-order valence-electron chi connectivity index (χ4n) is 1.75. The van der Waals surface area contributed by atoms with Crippen molar-refractivity contribution in [2.75, 3.05) is 19.3 Å². The summed E-state index contributed by atoms with van der Waals surface area (Å²) >= 11 is 4.42. The Morgan fingerprint density at radius 2 is 2.19 bits per heavy atom. The Morgan fingerprint density at radius 1 is 1.44 bits per heavy atom. The molecule has 1 atom stereocenters. The zero-order valence-electron chi connectivity index (χ0n) is 10.4. The monoisotopic (exact) mass is 238 g/mol. The molecule has 0 fully saturated rings. The molecule has 0 bridgehead atoms. The maximum Gasteiger partial charge on any atom is 0.0312 e. The smallest absolute Gasteiger partial charge is 0.0312 e. The molecule has 0 aliphatic heterocycles. The van der Waals surface area contributed by atoms with Crippen LogP contribution in [-0.2, 0) is 6.54 Å². The first-order chi connectivity index (χ1) is 7.63. The van der Waals surface area contributed by atoms with Crippen LogP contribution in [0.2, 0.25) is 0 Å². The predicted molar refractivity (Wildman–Crippen MR) is 72.8 cm³/mol. The summed E-state index contributed by atoms with van der Waals surface area (Å²) in [5.74, 6) is 2.30. The van der Waals surface area contributed by atoms with Crippen LogP contribution in [0.3, 0.4) is 0 Å². The van der Waals surface area contributed by atoms with E-state index in [-0.39, 0.29) is 0 Å². The van der Waals surface area contributed by atoms with Crippen LogP contribution in [0.25, 0.3) is 0 Å². The van der Waals surface area contributed by atoms with Gasteiger partial charge in [-0.1, -0.05) is 19.9 Å². The fraction of sp³-hybridized carbons (Fsp3) is 0.615. The number of thiol groups is 1. The van der Waals surface area contributed by atoms with Crippen LogP contribution >= 0.6 is 12.6 Å². The Kier molecular flexibility index (Phi) is 5.85. The fourth-order valence-corrected chi connectivity index (χ4v) is 2.28. The molecule has 0 radical (unpaired) electrons. The zero-order valence-corrected chi connectivity index (χ0v) is 11.3. The van der Waals surface area contributed by atoms with Gasteiger partial charge in [0, 0.05) is 25.5 Å². The molecular formula is C13H22N2S. The Morgan fingerprint density at radius 3 is 2.69 bits per heavy atom. The van der Waals surface area contributed by atoms with Crippen LogP contribution in [0.1, 0.15) is 19.4 Å². The largest absolute Gasteiger partial charge is 0.302 e. The molecule has 90 valence electrons. The third-order valence-corrected chi connectivity index (χ3v) is 3.37. The van der Waals surface area contributed by atoms with Crippen LogP contribution in [0, 0.1) is 11.8 Å². The van der Waals surface area contributed by atoms with E-state index in [4.69, 9.17) is 0 Å². The molecule has 0 aromatic carbocycles. The highest BCUT2D eigenvalue weighted by atomic mass is 32.1. The van der Waals surface area contributed by atoms with E-state index in [1.165, 1.54) is 5.56 Å². The van der Waals surface area contributed by atoms with Crippen LogP contribution in [0.15, 0.2) is 24.5 Å². The van der Waals surface area contributed by atoms with Crippen molar-refractivity contribution >= 4 is 12.6 Å². The number of rotatable bonds is 6. The van der Waals surface area contributed by atoms with E-state index in [1.807, 2.05) is 18.5 Å². The van der Waals surface area contributed by atoms with E-state index < -0.39 is 0 Å². The van der Waals surface area contributed by atoms with E-state index in [1.54, 1.807) is 0 Å². The third kappa shape index (κ3) is 4.54. The van der Waals surface area contributed by atoms with Gasteiger partial charge in [0.25, 0.3) is 0 Å². The summed E-state index contributed by atoms with van der Waals surface area (Å²) < 4.78 is 0. The van der Waals surface area contributed by atoms with Gasteiger partial charge >= 0.3 is 0 Å². The highest BCUT2D eigenvalue weighted by molar-refractivity contribution is 7.80. The first-order valence-electron chi connectivity index (χ1n) is 5.81. The highest BCUT2D eigenvalue weighted by Gasteiger charge is 2.14. The second kappa shape index (κ2) is 6.92. The van der Waals surface area contributed by atoms with Gasteiger partial charge in [0.2, 0.25) is 0 Å². The maximum atomic E-state index is 4.42. The summed E-state index contributed by atoms with van der Waals surface area (Å²) in [4.78, 5) is 6.48. The summed E-state index contributed by atoms with van der Waals surface area (Å²) in [6.45, 7) is 6.58. The molecule has 0 aliphatic carbocycles. The lowest BCUT2D eigenvalue weighted by atomic mass is 9.97. The average molecular weight is 238 g/mol. The predicted octanol–water partition coefficient (Wildman–Crippen LogP) is 2.72. The second-order valence-electron chi connectivity index (χ2n) is 4.74. The number of pyridine rings is 1. The summed E-state index contributed by atoms with van der Waals surface area (Å²) in [7, 11) is 2.16. The molecule has 0 amide bonds. The van der Waals surface area contributed by atoms with Crippen molar-refractivity contribution in [1.82, 2.24) is 9.88 Å². The zero-order chi connectivity index (χ0) is 12.0. The van der Waals surface area contributed by atoms with E-state index in [9.17, 15) is 0 Å². The second-order valence-corrected chi connectivity index (χ2v) is 5.11. The lowest BCUT2D eigenvalue weighted by molar-refractivity contribution is 0.246. The van der Waals surface area contributed by atoms with Crippen molar-refractivity contribution in [3.63, 3.8) is 0 Å². The van der Waals surface area contributed by atoms with Gasteiger partial charge in [0.05, 0.1) is 0 Å². The Hall–Kier alpha value is -0.540. The molecule has 0 aliphatic rings. The molecule has 0 saturated heterocycles. The molecule has 1 aromatic heterocycles. The number of aromatic nitrogens is 1. The molecule has 1 aromatic rings. The van der Waals surface area contributed by atoms with Crippen molar-refractivity contribution in [2.45, 2.75) is 20.4 Å². The quantitative estimate of drug-likeness (QED) is 0.767. The van der Waals surface area contributed by atoms with Crippen LogP contribution in [-0.4, -0.2) is 29.2 Å². The van der Waals surface area contributed by atoms with Gasteiger partial charge in [-0.25, -0.2) is 0 Å². The normalized spacial score (nSPS) is 13.4. The first-order valence-corrected chi connectivity index (χ1v) is 6.45. The van der Waals surface area contributed by atoms with E-state index in [0.29, 0.717) is 11.8 Å². The van der Waals surface area contributed by atoms with Gasteiger partial charge in [0.15, 0.2) is 0 Å². The topological polar surface area (TPSA) is 16.1 Å². The standard InChI is InChI=1S/C13H22N2S/c1-11(2)13(10-16)9-15(3)8-12-5-4-6-14-7-12/h4-7,11,13,16H,8-10H2,1-3H3. The third-order valence-electron chi connectivity index (χ3n) is 2.90. The highest BCUT2D eigenvalue weighted by Crippen LogP contribution is 2.14. The molecule has 1 heterocycles. The van der Waals surface area contributed by atoms with Gasteiger partial charge < -0.3 is 4.90 Å². The Labute approximate surface area is 104 Å². The molecule has 16 heavy (non-hydrogen) atoms. The molecule has 0 saturated carbocycles. The van der Waals surface area contributed by atoms with Crippen molar-refractivity contribution in [2.24, 2.45) is 11.8 Å². The minimum absolute atomic E-state index is 0.657. The van der Waals surface area contributed by atoms with Gasteiger partial charge in [0.1, 0.15) is 0 Å². The Balaban J connectivity index is 2.44. The molecule has 3 heteroatoms. The van der Waals surface area contributed by atoms with Gasteiger partial charge in [-0.3, -0.25) is 4.98 Å². The minimum atomic E-state index is 0.657. The van der Waals surface area contributed by atoms with Crippen molar-refractivity contribution in [3.8, 4) is 0 Å². The van der Waals surface area contributed by atoms with E-state index >= 15 is 0 Å². The number of hydrogen-bond acceptors (Lipinski definition) is 3. The summed E-state index contributed by atoms with van der Waals surface area (Å²) in [6.07, 6.45) is 3.75. The maximum absolute atomic E-state index is 4.42. The SMILES string of the molecule is CC(C)C(CS)CN(C)Cc1cccnc1. The van der Waals surface area contributed by atoms with Gasteiger partial charge in [-0.15, -0.1) is 0 Å².